The van der Waals surface area contributed by atoms with E-state index in [0.717, 1.165) is 29.1 Å². The molecule has 0 amide bonds. The topological polar surface area (TPSA) is 24.9 Å². The molecule has 1 heterocycles. The molecule has 2 nitrogen and oxygen atoms in total. The number of hydrogen-bond donors (Lipinski definition) is 1. The number of anilines is 1. The highest BCUT2D eigenvalue weighted by Crippen LogP contribution is 2.32. The van der Waals surface area contributed by atoms with Gasteiger partial charge in [-0.25, -0.2) is 0 Å². The van der Waals surface area contributed by atoms with Crippen LogP contribution in [0.4, 0.5) is 5.69 Å². The minimum Gasteiger partial charge on any atom is -0.377 e. The van der Waals surface area contributed by atoms with E-state index in [4.69, 9.17) is 11.6 Å². The zero-order valence-electron chi connectivity index (χ0n) is 10.3. The number of hydrogen-bond acceptors (Lipinski definition) is 2. The van der Waals surface area contributed by atoms with Crippen molar-refractivity contribution >= 4 is 17.3 Å². The minimum absolute atomic E-state index is 0.306. The predicted octanol–water partition coefficient (Wildman–Crippen LogP) is 4.14. The Balaban J connectivity index is 1.84. The van der Waals surface area contributed by atoms with Crippen LogP contribution in [0.15, 0.2) is 36.5 Å². The normalized spacial score (nSPS) is 17.6. The molecule has 1 aliphatic carbocycles. The molecule has 0 fully saturated rings. The van der Waals surface area contributed by atoms with E-state index >= 15 is 0 Å². The molecule has 0 spiro atoms. The van der Waals surface area contributed by atoms with Crippen LogP contribution in [-0.2, 0) is 6.42 Å². The van der Waals surface area contributed by atoms with Crippen LogP contribution in [0, 0.1) is 6.92 Å². The molecule has 3 heteroatoms. The molecule has 1 unspecified atom stereocenters. The van der Waals surface area contributed by atoms with Crippen molar-refractivity contribution in [3.63, 3.8) is 0 Å². The van der Waals surface area contributed by atoms with E-state index in [1.165, 1.54) is 11.3 Å². The van der Waals surface area contributed by atoms with E-state index in [2.05, 4.69) is 22.4 Å². The van der Waals surface area contributed by atoms with Crippen molar-refractivity contribution in [3.05, 3.63) is 58.4 Å². The molecule has 1 aromatic carbocycles. The first kappa shape index (κ1) is 11.5. The van der Waals surface area contributed by atoms with Gasteiger partial charge < -0.3 is 5.32 Å². The quantitative estimate of drug-likeness (QED) is 0.876. The first-order chi connectivity index (χ1) is 8.74. The van der Waals surface area contributed by atoms with Gasteiger partial charge in [0, 0.05) is 16.9 Å². The Hall–Kier alpha value is -1.54. The monoisotopic (exact) mass is 258 g/mol. The van der Waals surface area contributed by atoms with Crippen LogP contribution >= 0.6 is 11.6 Å². The van der Waals surface area contributed by atoms with Crippen LogP contribution in [0.2, 0.25) is 5.02 Å². The van der Waals surface area contributed by atoms with Gasteiger partial charge in [0.05, 0.1) is 11.7 Å². The van der Waals surface area contributed by atoms with E-state index in [9.17, 15) is 0 Å². The largest absolute Gasteiger partial charge is 0.377 e. The zero-order valence-corrected chi connectivity index (χ0v) is 11.0. The average Bonchev–Trinajstić information content (AvgIpc) is 2.78. The van der Waals surface area contributed by atoms with E-state index < -0.39 is 0 Å². The second-order valence-corrected chi connectivity index (χ2v) is 5.15. The highest BCUT2D eigenvalue weighted by atomic mass is 35.5. The van der Waals surface area contributed by atoms with Crippen LogP contribution in [0.1, 0.15) is 29.3 Å². The molecule has 92 valence electrons. The summed E-state index contributed by atoms with van der Waals surface area (Å²) < 4.78 is 0. The van der Waals surface area contributed by atoms with Crippen LogP contribution in [0.5, 0.6) is 0 Å². The number of pyridine rings is 1. The fraction of sp³-hybridized carbons (Fsp3) is 0.267. The molecule has 0 aliphatic heterocycles. The summed E-state index contributed by atoms with van der Waals surface area (Å²) in [6.45, 7) is 2.01. The van der Waals surface area contributed by atoms with E-state index in [-0.39, 0.29) is 0 Å². The van der Waals surface area contributed by atoms with Crippen molar-refractivity contribution in [3.8, 4) is 0 Å². The number of rotatable bonds is 2. The fourth-order valence-electron chi connectivity index (χ4n) is 2.44. The predicted molar refractivity (Wildman–Crippen MR) is 75.1 cm³/mol. The standard InChI is InChI=1S/C15H15ClN2/c1-10-4-6-12(9-13(10)16)18-14-7-5-11-3-2-8-17-15(11)14/h2-4,6,8-9,14,18H,5,7H2,1H3. The van der Waals surface area contributed by atoms with Gasteiger partial charge in [-0.1, -0.05) is 23.7 Å². The third-order valence-electron chi connectivity index (χ3n) is 3.47. The van der Waals surface area contributed by atoms with Gasteiger partial charge >= 0.3 is 0 Å². The average molecular weight is 259 g/mol. The number of benzene rings is 1. The second kappa shape index (κ2) is 4.62. The summed E-state index contributed by atoms with van der Waals surface area (Å²) in [5, 5.41) is 4.32. The Labute approximate surface area is 112 Å². The van der Waals surface area contributed by atoms with Gasteiger partial charge in [0.2, 0.25) is 0 Å². The van der Waals surface area contributed by atoms with E-state index in [1.807, 2.05) is 31.3 Å². The maximum Gasteiger partial charge on any atom is 0.0691 e. The van der Waals surface area contributed by atoms with Gasteiger partial charge in [-0.2, -0.15) is 0 Å². The second-order valence-electron chi connectivity index (χ2n) is 4.75. The summed E-state index contributed by atoms with van der Waals surface area (Å²) in [5.41, 5.74) is 4.70. The Morgan fingerprint density at radius 2 is 2.22 bits per heavy atom. The molecule has 1 aromatic heterocycles. The number of nitrogens with one attached hydrogen (secondary N) is 1. The lowest BCUT2D eigenvalue weighted by molar-refractivity contribution is 0.746. The Bertz CT molecular complexity index is 580. The highest BCUT2D eigenvalue weighted by molar-refractivity contribution is 6.31. The number of nitrogens with zero attached hydrogens (tertiary/aromatic N) is 1. The van der Waals surface area contributed by atoms with E-state index in [1.54, 1.807) is 0 Å². The summed E-state index contributed by atoms with van der Waals surface area (Å²) in [6, 6.07) is 10.6. The lowest BCUT2D eigenvalue weighted by atomic mass is 10.2. The SMILES string of the molecule is Cc1ccc(NC2CCc3cccnc32)cc1Cl. The Kier molecular flexibility index (Phi) is 2.96. The Morgan fingerprint density at radius 1 is 1.33 bits per heavy atom. The summed E-state index contributed by atoms with van der Waals surface area (Å²) in [7, 11) is 0. The van der Waals surface area contributed by atoms with Gasteiger partial charge in [-0.3, -0.25) is 4.98 Å². The smallest absolute Gasteiger partial charge is 0.0691 e. The number of halogens is 1. The third-order valence-corrected chi connectivity index (χ3v) is 3.88. The summed E-state index contributed by atoms with van der Waals surface area (Å²) in [6.07, 6.45) is 4.05. The van der Waals surface area contributed by atoms with Gasteiger partial charge in [-0.05, 0) is 49.1 Å². The van der Waals surface area contributed by atoms with E-state index in [0.29, 0.717) is 6.04 Å². The molecule has 2 aromatic rings. The fourth-order valence-corrected chi connectivity index (χ4v) is 2.62. The highest BCUT2D eigenvalue weighted by Gasteiger charge is 2.23. The molecule has 1 aliphatic rings. The third kappa shape index (κ3) is 2.08. The first-order valence-corrected chi connectivity index (χ1v) is 6.58. The van der Waals surface area contributed by atoms with Gasteiger partial charge in [0.1, 0.15) is 0 Å². The molecule has 0 radical (unpaired) electrons. The molecule has 1 atom stereocenters. The van der Waals surface area contributed by atoms with Gasteiger partial charge in [0.25, 0.3) is 0 Å². The minimum atomic E-state index is 0.306. The molecule has 0 saturated carbocycles. The van der Waals surface area contributed by atoms with Crippen LogP contribution in [0.25, 0.3) is 0 Å². The molecule has 0 bridgehead atoms. The van der Waals surface area contributed by atoms with Crippen LogP contribution in [0.3, 0.4) is 0 Å². The molecule has 0 saturated heterocycles. The van der Waals surface area contributed by atoms with Crippen molar-refractivity contribution < 1.29 is 0 Å². The molecular formula is C15H15ClN2. The van der Waals surface area contributed by atoms with Gasteiger partial charge in [0.15, 0.2) is 0 Å². The molecule has 3 rings (SSSR count). The van der Waals surface area contributed by atoms with Crippen molar-refractivity contribution in [2.24, 2.45) is 0 Å². The summed E-state index contributed by atoms with van der Waals surface area (Å²) in [5.74, 6) is 0. The number of fused-ring (bicyclic) bond motifs is 1. The number of aryl methyl sites for hydroxylation is 2. The van der Waals surface area contributed by atoms with Crippen molar-refractivity contribution in [2.45, 2.75) is 25.8 Å². The lowest BCUT2D eigenvalue weighted by Crippen LogP contribution is -2.08. The molecule has 1 N–H and O–H groups in total. The summed E-state index contributed by atoms with van der Waals surface area (Å²) >= 11 is 6.14. The molecular weight excluding hydrogens is 244 g/mol. The Morgan fingerprint density at radius 3 is 3.06 bits per heavy atom. The maximum atomic E-state index is 6.14. The van der Waals surface area contributed by atoms with Crippen LogP contribution in [-0.4, -0.2) is 4.98 Å². The van der Waals surface area contributed by atoms with Crippen LogP contribution < -0.4 is 5.32 Å². The lowest BCUT2D eigenvalue weighted by Gasteiger charge is -2.15. The zero-order chi connectivity index (χ0) is 12.5. The van der Waals surface area contributed by atoms with Crippen molar-refractivity contribution in [1.29, 1.82) is 0 Å². The molecule has 18 heavy (non-hydrogen) atoms. The number of aromatic nitrogens is 1. The van der Waals surface area contributed by atoms with Crippen molar-refractivity contribution in [1.82, 2.24) is 4.98 Å². The van der Waals surface area contributed by atoms with Gasteiger partial charge in [-0.15, -0.1) is 0 Å². The maximum absolute atomic E-state index is 6.14. The first-order valence-electron chi connectivity index (χ1n) is 6.20. The van der Waals surface area contributed by atoms with Crippen molar-refractivity contribution in [2.75, 3.05) is 5.32 Å². The summed E-state index contributed by atoms with van der Waals surface area (Å²) in [4.78, 5) is 4.48.